The topological polar surface area (TPSA) is 114 Å². The molecule has 0 fully saturated rings. The summed E-state index contributed by atoms with van der Waals surface area (Å²) in [5, 5.41) is 16.2. The van der Waals surface area contributed by atoms with Crippen LogP contribution in [0.5, 0.6) is 0 Å². The number of hydrogen-bond acceptors (Lipinski definition) is 5. The molecule has 31 heavy (non-hydrogen) atoms. The summed E-state index contributed by atoms with van der Waals surface area (Å²) in [4.78, 5) is 24.1. The molecule has 0 radical (unpaired) electrons. The smallest absolute Gasteiger partial charge is 0.251 e. The number of hydrogen-bond donors (Lipinski definition) is 4. The molecule has 2 amide bonds. The predicted molar refractivity (Wildman–Crippen MR) is 119 cm³/mol. The third-order valence-electron chi connectivity index (χ3n) is 6.14. The van der Waals surface area contributed by atoms with E-state index in [2.05, 4.69) is 24.5 Å². The molecule has 0 heterocycles. The van der Waals surface area contributed by atoms with E-state index in [1.165, 1.54) is 0 Å². The molecule has 5 N–H and O–H groups in total. The second kappa shape index (κ2) is 9.60. The lowest BCUT2D eigenvalue weighted by Crippen LogP contribution is -2.59. The quantitative estimate of drug-likeness (QED) is 0.510. The van der Waals surface area contributed by atoms with Gasteiger partial charge >= 0.3 is 0 Å². The van der Waals surface area contributed by atoms with Crippen LogP contribution in [-0.4, -0.2) is 55.4 Å². The Kier molecular flexibility index (Phi) is 7.10. The molecule has 2 aromatic rings. The number of primary amides is 1. The van der Waals surface area contributed by atoms with E-state index < -0.39 is 11.9 Å². The van der Waals surface area contributed by atoms with Crippen LogP contribution in [0.25, 0.3) is 0 Å². The number of fused-ring (bicyclic) bond motifs is 1. The molecular formula is C24H31N3O4. The Balaban J connectivity index is 1.76. The van der Waals surface area contributed by atoms with Crippen LogP contribution in [0.2, 0.25) is 0 Å². The van der Waals surface area contributed by atoms with Crippen molar-refractivity contribution in [3.05, 3.63) is 70.8 Å². The normalized spacial score (nSPS) is 20.5. The number of aliphatic hydroxyl groups is 1. The minimum Gasteiger partial charge on any atom is -0.394 e. The molecule has 0 saturated heterocycles. The van der Waals surface area contributed by atoms with E-state index in [0.717, 1.165) is 11.1 Å². The number of rotatable bonds is 8. The first-order valence-electron chi connectivity index (χ1n) is 10.4. The molecule has 2 aromatic carbocycles. The maximum absolute atomic E-state index is 12.5. The van der Waals surface area contributed by atoms with E-state index in [4.69, 9.17) is 10.5 Å². The minimum atomic E-state index is -0.459. The van der Waals surface area contributed by atoms with Gasteiger partial charge in [0, 0.05) is 42.7 Å². The van der Waals surface area contributed by atoms with Gasteiger partial charge in [-0.05, 0) is 35.4 Å². The Morgan fingerprint density at radius 3 is 2.52 bits per heavy atom. The SMILES string of the molecule is COC1Cc2ccc(C(N)=O)cc2C(C)(C)C1NCC(CO)NC(=O)c1ccccc1. The number of methoxy groups -OCH3 is 1. The van der Waals surface area contributed by atoms with Crippen LogP contribution in [0.1, 0.15) is 45.7 Å². The number of nitrogens with one attached hydrogen (secondary N) is 2. The average Bonchev–Trinajstić information content (AvgIpc) is 2.77. The highest BCUT2D eigenvalue weighted by Crippen LogP contribution is 2.38. The first-order valence-corrected chi connectivity index (χ1v) is 10.4. The van der Waals surface area contributed by atoms with Crippen LogP contribution >= 0.6 is 0 Å². The standard InChI is InChI=1S/C24H31N3O4/c1-24(2)19-11-17(22(25)29)10-9-16(19)12-20(31-3)21(24)26-13-18(14-28)27-23(30)15-7-5-4-6-8-15/h4-11,18,20-21,26,28H,12-14H2,1-3H3,(H2,25,29)(H,27,30). The van der Waals surface area contributed by atoms with Gasteiger partial charge in [0.25, 0.3) is 5.91 Å². The summed E-state index contributed by atoms with van der Waals surface area (Å²) in [7, 11) is 1.68. The molecule has 166 valence electrons. The second-order valence-corrected chi connectivity index (χ2v) is 8.54. The van der Waals surface area contributed by atoms with E-state index in [0.29, 0.717) is 24.1 Å². The predicted octanol–water partition coefficient (Wildman–Crippen LogP) is 1.38. The van der Waals surface area contributed by atoms with Crippen molar-refractivity contribution >= 4 is 11.8 Å². The Hall–Kier alpha value is -2.74. The molecule has 0 aromatic heterocycles. The molecule has 0 aliphatic heterocycles. The lowest BCUT2D eigenvalue weighted by molar-refractivity contribution is 0.0338. The molecule has 3 atom stereocenters. The maximum Gasteiger partial charge on any atom is 0.251 e. The fourth-order valence-corrected chi connectivity index (χ4v) is 4.37. The van der Waals surface area contributed by atoms with E-state index in [-0.39, 0.29) is 30.1 Å². The van der Waals surface area contributed by atoms with Gasteiger partial charge in [-0.1, -0.05) is 38.1 Å². The van der Waals surface area contributed by atoms with Crippen LogP contribution in [-0.2, 0) is 16.6 Å². The van der Waals surface area contributed by atoms with Gasteiger partial charge < -0.3 is 26.2 Å². The Bertz CT molecular complexity index is 930. The molecule has 3 rings (SSSR count). The molecule has 0 bridgehead atoms. The van der Waals surface area contributed by atoms with Crippen LogP contribution in [0, 0.1) is 0 Å². The average molecular weight is 426 g/mol. The number of aliphatic hydroxyl groups excluding tert-OH is 1. The number of nitrogens with two attached hydrogens (primary N) is 1. The molecule has 0 saturated carbocycles. The van der Waals surface area contributed by atoms with E-state index in [1.54, 1.807) is 37.4 Å². The molecule has 7 heteroatoms. The van der Waals surface area contributed by atoms with Gasteiger partial charge in [0.1, 0.15) is 0 Å². The van der Waals surface area contributed by atoms with E-state index in [1.807, 2.05) is 18.2 Å². The molecule has 1 aliphatic carbocycles. The number of carbonyl (C=O) groups excluding carboxylic acids is 2. The lowest BCUT2D eigenvalue weighted by Gasteiger charge is -2.45. The zero-order chi connectivity index (χ0) is 22.6. The summed E-state index contributed by atoms with van der Waals surface area (Å²) in [5.74, 6) is -0.690. The summed E-state index contributed by atoms with van der Waals surface area (Å²) in [6.07, 6.45) is 0.581. The second-order valence-electron chi connectivity index (χ2n) is 8.54. The number of ether oxygens (including phenoxy) is 1. The lowest BCUT2D eigenvalue weighted by atomic mass is 9.67. The van der Waals surface area contributed by atoms with Crippen molar-refractivity contribution in [3.8, 4) is 0 Å². The highest BCUT2D eigenvalue weighted by Gasteiger charge is 2.43. The highest BCUT2D eigenvalue weighted by molar-refractivity contribution is 5.94. The summed E-state index contributed by atoms with van der Waals surface area (Å²) < 4.78 is 5.79. The largest absolute Gasteiger partial charge is 0.394 e. The third-order valence-corrected chi connectivity index (χ3v) is 6.14. The van der Waals surface area contributed by atoms with Gasteiger partial charge in [0.15, 0.2) is 0 Å². The van der Waals surface area contributed by atoms with Gasteiger partial charge in [-0.25, -0.2) is 0 Å². The summed E-state index contributed by atoms with van der Waals surface area (Å²) in [6.45, 7) is 4.36. The Morgan fingerprint density at radius 1 is 1.19 bits per heavy atom. The number of amides is 2. The zero-order valence-electron chi connectivity index (χ0n) is 18.2. The van der Waals surface area contributed by atoms with Gasteiger partial charge in [-0.15, -0.1) is 0 Å². The summed E-state index contributed by atoms with van der Waals surface area (Å²) in [5.41, 5.74) is 8.30. The van der Waals surface area contributed by atoms with Crippen LogP contribution in [0.15, 0.2) is 48.5 Å². The van der Waals surface area contributed by atoms with Crippen molar-refractivity contribution < 1.29 is 19.4 Å². The van der Waals surface area contributed by atoms with E-state index >= 15 is 0 Å². The first-order chi connectivity index (χ1) is 14.8. The fraction of sp³-hybridized carbons (Fsp3) is 0.417. The Labute approximate surface area is 183 Å². The van der Waals surface area contributed by atoms with Crippen LogP contribution in [0.3, 0.4) is 0 Å². The summed E-state index contributed by atoms with van der Waals surface area (Å²) in [6, 6.07) is 13.9. The number of carbonyl (C=O) groups is 2. The van der Waals surface area contributed by atoms with Crippen LogP contribution in [0.4, 0.5) is 0 Å². The van der Waals surface area contributed by atoms with Crippen molar-refractivity contribution in [1.29, 1.82) is 0 Å². The van der Waals surface area contributed by atoms with Gasteiger partial charge in [-0.2, -0.15) is 0 Å². The Morgan fingerprint density at radius 2 is 1.90 bits per heavy atom. The highest BCUT2D eigenvalue weighted by atomic mass is 16.5. The van der Waals surface area contributed by atoms with Gasteiger partial charge in [-0.3, -0.25) is 9.59 Å². The summed E-state index contributed by atoms with van der Waals surface area (Å²) >= 11 is 0. The molecule has 7 nitrogen and oxygen atoms in total. The van der Waals surface area contributed by atoms with Gasteiger partial charge in [0.2, 0.25) is 5.91 Å². The third kappa shape index (κ3) is 4.95. The molecule has 3 unspecified atom stereocenters. The molecule has 1 aliphatic rings. The molecule has 0 spiro atoms. The fourth-order valence-electron chi connectivity index (χ4n) is 4.37. The zero-order valence-corrected chi connectivity index (χ0v) is 18.2. The first kappa shape index (κ1) is 22.9. The van der Waals surface area contributed by atoms with Crippen molar-refractivity contribution in [2.75, 3.05) is 20.3 Å². The van der Waals surface area contributed by atoms with Crippen LogP contribution < -0.4 is 16.4 Å². The van der Waals surface area contributed by atoms with Gasteiger partial charge in [0.05, 0.1) is 18.8 Å². The van der Waals surface area contributed by atoms with Crippen molar-refractivity contribution in [2.24, 2.45) is 5.73 Å². The number of benzene rings is 2. The van der Waals surface area contributed by atoms with Crippen molar-refractivity contribution in [1.82, 2.24) is 10.6 Å². The van der Waals surface area contributed by atoms with Crippen molar-refractivity contribution in [2.45, 2.75) is 43.9 Å². The van der Waals surface area contributed by atoms with Crippen molar-refractivity contribution in [3.63, 3.8) is 0 Å². The van der Waals surface area contributed by atoms with E-state index in [9.17, 15) is 14.7 Å². The maximum atomic E-state index is 12.5. The molecular weight excluding hydrogens is 394 g/mol. The monoisotopic (exact) mass is 425 g/mol. The minimum absolute atomic E-state index is 0.101.